The molecular formula is C14H15BrN2. The standard InChI is InChI=1S/C14H15BrN2/c1-14(2,3)11-6-4-10(5-7-11)12-8-9-16-13(15)17-12/h4-9H,1-3H3. The molecule has 0 amide bonds. The highest BCUT2D eigenvalue weighted by atomic mass is 79.9. The maximum atomic E-state index is 4.34. The molecule has 0 saturated heterocycles. The van der Waals surface area contributed by atoms with E-state index in [0.29, 0.717) is 4.73 Å². The number of nitrogens with zero attached hydrogens (tertiary/aromatic N) is 2. The first-order valence-electron chi connectivity index (χ1n) is 5.56. The molecule has 2 aromatic rings. The molecule has 0 spiro atoms. The summed E-state index contributed by atoms with van der Waals surface area (Å²) >= 11 is 3.28. The first-order valence-corrected chi connectivity index (χ1v) is 6.35. The van der Waals surface area contributed by atoms with Crippen LogP contribution in [0.2, 0.25) is 0 Å². The van der Waals surface area contributed by atoms with Crippen molar-refractivity contribution in [3.8, 4) is 11.3 Å². The van der Waals surface area contributed by atoms with Crippen molar-refractivity contribution in [3.05, 3.63) is 46.8 Å². The quantitative estimate of drug-likeness (QED) is 0.736. The van der Waals surface area contributed by atoms with E-state index in [2.05, 4.69) is 70.9 Å². The maximum Gasteiger partial charge on any atom is 0.197 e. The van der Waals surface area contributed by atoms with Gasteiger partial charge in [-0.3, -0.25) is 0 Å². The summed E-state index contributed by atoms with van der Waals surface area (Å²) in [4.78, 5) is 8.37. The molecule has 2 nitrogen and oxygen atoms in total. The highest BCUT2D eigenvalue weighted by Gasteiger charge is 2.13. The SMILES string of the molecule is CC(C)(C)c1ccc(-c2ccnc(Br)n2)cc1. The molecule has 88 valence electrons. The Morgan fingerprint density at radius 2 is 1.65 bits per heavy atom. The van der Waals surface area contributed by atoms with Gasteiger partial charge in [0.05, 0.1) is 5.69 Å². The Balaban J connectivity index is 2.36. The van der Waals surface area contributed by atoms with Gasteiger partial charge in [0.15, 0.2) is 4.73 Å². The van der Waals surface area contributed by atoms with Crippen LogP contribution in [0.25, 0.3) is 11.3 Å². The smallest absolute Gasteiger partial charge is 0.197 e. The molecule has 1 aromatic carbocycles. The fourth-order valence-corrected chi connectivity index (χ4v) is 1.95. The van der Waals surface area contributed by atoms with Gasteiger partial charge in [0, 0.05) is 11.8 Å². The number of hydrogen-bond donors (Lipinski definition) is 0. The van der Waals surface area contributed by atoms with Gasteiger partial charge in [0.1, 0.15) is 0 Å². The Hall–Kier alpha value is -1.22. The van der Waals surface area contributed by atoms with Crippen molar-refractivity contribution in [1.29, 1.82) is 0 Å². The highest BCUT2D eigenvalue weighted by molar-refractivity contribution is 9.10. The average Bonchev–Trinajstić information content (AvgIpc) is 2.28. The van der Waals surface area contributed by atoms with Crippen LogP contribution < -0.4 is 0 Å². The lowest BCUT2D eigenvalue weighted by molar-refractivity contribution is 0.590. The van der Waals surface area contributed by atoms with Crippen LogP contribution in [0.5, 0.6) is 0 Å². The second-order valence-electron chi connectivity index (χ2n) is 5.04. The van der Waals surface area contributed by atoms with Gasteiger partial charge < -0.3 is 0 Å². The molecule has 0 unspecified atom stereocenters. The molecule has 2 rings (SSSR count). The molecule has 0 bridgehead atoms. The van der Waals surface area contributed by atoms with Crippen LogP contribution >= 0.6 is 15.9 Å². The van der Waals surface area contributed by atoms with Crippen LogP contribution in [0, 0.1) is 0 Å². The largest absolute Gasteiger partial charge is 0.231 e. The van der Waals surface area contributed by atoms with Crippen LogP contribution in [-0.4, -0.2) is 9.97 Å². The zero-order chi connectivity index (χ0) is 12.5. The topological polar surface area (TPSA) is 25.8 Å². The molecule has 0 atom stereocenters. The minimum absolute atomic E-state index is 0.185. The lowest BCUT2D eigenvalue weighted by Crippen LogP contribution is -2.10. The summed E-state index contributed by atoms with van der Waals surface area (Å²) in [5.74, 6) is 0. The van der Waals surface area contributed by atoms with Crippen molar-refractivity contribution in [3.63, 3.8) is 0 Å². The Kier molecular flexibility index (Phi) is 3.29. The Bertz CT molecular complexity index is 512. The summed E-state index contributed by atoms with van der Waals surface area (Å²) in [6.07, 6.45) is 1.75. The van der Waals surface area contributed by atoms with Gasteiger partial charge in [-0.15, -0.1) is 0 Å². The third kappa shape index (κ3) is 2.91. The third-order valence-corrected chi connectivity index (χ3v) is 3.05. The predicted molar refractivity (Wildman–Crippen MR) is 73.9 cm³/mol. The average molecular weight is 291 g/mol. The van der Waals surface area contributed by atoms with E-state index >= 15 is 0 Å². The molecule has 1 aromatic heterocycles. The molecule has 0 aliphatic carbocycles. The zero-order valence-electron chi connectivity index (χ0n) is 10.2. The Morgan fingerprint density at radius 1 is 1.00 bits per heavy atom. The van der Waals surface area contributed by atoms with E-state index in [9.17, 15) is 0 Å². The van der Waals surface area contributed by atoms with Crippen LogP contribution in [0.15, 0.2) is 41.3 Å². The second-order valence-corrected chi connectivity index (χ2v) is 5.75. The van der Waals surface area contributed by atoms with Gasteiger partial charge in [0.2, 0.25) is 0 Å². The minimum Gasteiger partial charge on any atom is -0.231 e. The van der Waals surface area contributed by atoms with Crippen molar-refractivity contribution in [2.45, 2.75) is 26.2 Å². The summed E-state index contributed by atoms with van der Waals surface area (Å²) in [5.41, 5.74) is 3.56. The van der Waals surface area contributed by atoms with Gasteiger partial charge in [0.25, 0.3) is 0 Å². The number of hydrogen-bond acceptors (Lipinski definition) is 2. The summed E-state index contributed by atoms with van der Waals surface area (Å²) in [6.45, 7) is 6.63. The molecule has 17 heavy (non-hydrogen) atoms. The lowest BCUT2D eigenvalue weighted by Gasteiger charge is -2.19. The summed E-state index contributed by atoms with van der Waals surface area (Å²) in [5, 5.41) is 0. The first-order chi connectivity index (χ1) is 7.97. The number of benzene rings is 1. The lowest BCUT2D eigenvalue weighted by atomic mass is 9.86. The zero-order valence-corrected chi connectivity index (χ0v) is 11.8. The molecule has 0 saturated carbocycles. The Morgan fingerprint density at radius 3 is 2.18 bits per heavy atom. The maximum absolute atomic E-state index is 4.34. The molecular weight excluding hydrogens is 276 g/mol. The van der Waals surface area contributed by atoms with Gasteiger partial charge in [-0.05, 0) is 33.0 Å². The number of aromatic nitrogens is 2. The molecule has 0 N–H and O–H groups in total. The van der Waals surface area contributed by atoms with Crippen molar-refractivity contribution in [1.82, 2.24) is 9.97 Å². The van der Waals surface area contributed by atoms with Gasteiger partial charge in [-0.25, -0.2) is 9.97 Å². The number of halogens is 1. The normalized spacial score (nSPS) is 11.5. The van der Waals surface area contributed by atoms with Crippen LogP contribution in [0.4, 0.5) is 0 Å². The summed E-state index contributed by atoms with van der Waals surface area (Å²) < 4.78 is 0.620. The minimum atomic E-state index is 0.185. The first kappa shape index (κ1) is 12.2. The highest BCUT2D eigenvalue weighted by Crippen LogP contribution is 2.25. The van der Waals surface area contributed by atoms with Crippen molar-refractivity contribution in [2.75, 3.05) is 0 Å². The van der Waals surface area contributed by atoms with Crippen LogP contribution in [0.1, 0.15) is 26.3 Å². The Labute approximate surface area is 110 Å². The predicted octanol–water partition coefficient (Wildman–Crippen LogP) is 4.20. The van der Waals surface area contributed by atoms with E-state index in [1.54, 1.807) is 6.20 Å². The molecule has 0 fully saturated rings. The molecule has 3 heteroatoms. The monoisotopic (exact) mass is 290 g/mol. The van der Waals surface area contributed by atoms with Crippen molar-refractivity contribution in [2.24, 2.45) is 0 Å². The van der Waals surface area contributed by atoms with Crippen molar-refractivity contribution >= 4 is 15.9 Å². The summed E-state index contributed by atoms with van der Waals surface area (Å²) in [6, 6.07) is 10.4. The summed E-state index contributed by atoms with van der Waals surface area (Å²) in [7, 11) is 0. The van der Waals surface area contributed by atoms with E-state index in [1.165, 1.54) is 5.56 Å². The number of rotatable bonds is 1. The van der Waals surface area contributed by atoms with Crippen LogP contribution in [0.3, 0.4) is 0 Å². The molecule has 0 aliphatic heterocycles. The van der Waals surface area contributed by atoms with Gasteiger partial charge in [-0.1, -0.05) is 45.0 Å². The molecule has 0 aliphatic rings. The third-order valence-electron chi connectivity index (χ3n) is 2.67. The van der Waals surface area contributed by atoms with E-state index in [4.69, 9.17) is 0 Å². The molecule has 0 radical (unpaired) electrons. The van der Waals surface area contributed by atoms with Crippen molar-refractivity contribution < 1.29 is 0 Å². The van der Waals surface area contributed by atoms with E-state index in [1.807, 2.05) is 6.07 Å². The fraction of sp³-hybridized carbons (Fsp3) is 0.286. The van der Waals surface area contributed by atoms with Crippen LogP contribution in [-0.2, 0) is 5.41 Å². The fourth-order valence-electron chi connectivity index (χ4n) is 1.64. The second kappa shape index (κ2) is 4.57. The van der Waals surface area contributed by atoms with Gasteiger partial charge >= 0.3 is 0 Å². The van der Waals surface area contributed by atoms with Gasteiger partial charge in [-0.2, -0.15) is 0 Å². The van der Waals surface area contributed by atoms with E-state index < -0.39 is 0 Å². The van der Waals surface area contributed by atoms with E-state index in [-0.39, 0.29) is 5.41 Å². The molecule has 1 heterocycles. The van der Waals surface area contributed by atoms with E-state index in [0.717, 1.165) is 11.3 Å².